The minimum absolute atomic E-state index is 0.00459. The summed E-state index contributed by atoms with van der Waals surface area (Å²) in [6.07, 6.45) is 7.45. The largest absolute Gasteiger partial charge is 0.478 e. The van der Waals surface area contributed by atoms with Gasteiger partial charge in [-0.15, -0.1) is 11.3 Å². The molecule has 1 aromatic heterocycles. The van der Waals surface area contributed by atoms with E-state index in [0.717, 1.165) is 37.0 Å². The predicted molar refractivity (Wildman–Crippen MR) is 119 cm³/mol. The molecule has 2 rings (SSSR count). The number of ether oxygens (including phenoxy) is 1. The molecule has 1 atom stereocenters. The van der Waals surface area contributed by atoms with Crippen LogP contribution in [-0.4, -0.2) is 23.7 Å². The van der Waals surface area contributed by atoms with Gasteiger partial charge in [0.25, 0.3) is 0 Å². The van der Waals surface area contributed by atoms with E-state index in [0.29, 0.717) is 18.1 Å². The molecular formula is C24H32O4S. The molecular weight excluding hydrogens is 384 g/mol. The second-order valence-corrected chi connectivity index (χ2v) is 8.31. The van der Waals surface area contributed by atoms with E-state index in [2.05, 4.69) is 25.3 Å². The third kappa shape index (κ3) is 6.17. The van der Waals surface area contributed by atoms with Crippen LogP contribution in [0.15, 0.2) is 29.6 Å². The van der Waals surface area contributed by atoms with Gasteiger partial charge in [0.2, 0.25) is 0 Å². The molecule has 0 spiro atoms. The van der Waals surface area contributed by atoms with Gasteiger partial charge in [0.15, 0.2) is 0 Å². The van der Waals surface area contributed by atoms with Crippen molar-refractivity contribution in [1.29, 1.82) is 0 Å². The molecule has 0 saturated heterocycles. The second kappa shape index (κ2) is 11.8. The molecule has 0 bridgehead atoms. The van der Waals surface area contributed by atoms with E-state index in [-0.39, 0.29) is 11.1 Å². The standard InChI is InChI=1S/C24H32O4S/c1-4-7-11-17(10-6-3)18-15-21(29-16-18)19-12-9-13-20(23(25)26)22(19)24(27)28-14-8-5-2/h9,12-13,15-17H,4-8,10-11,14H2,1-3H3,(H,25,26). The fraction of sp³-hybridized carbons (Fsp3) is 0.500. The highest BCUT2D eigenvalue weighted by atomic mass is 32.1. The summed E-state index contributed by atoms with van der Waals surface area (Å²) < 4.78 is 5.37. The number of aromatic carboxylic acids is 1. The summed E-state index contributed by atoms with van der Waals surface area (Å²) in [6.45, 7) is 6.72. The molecule has 0 aliphatic carbocycles. The Morgan fingerprint density at radius 1 is 1.07 bits per heavy atom. The highest BCUT2D eigenvalue weighted by molar-refractivity contribution is 7.13. The van der Waals surface area contributed by atoms with E-state index < -0.39 is 11.9 Å². The number of carboxylic acids is 1. The first-order valence-corrected chi connectivity index (χ1v) is 11.5. The van der Waals surface area contributed by atoms with Gasteiger partial charge >= 0.3 is 11.9 Å². The van der Waals surface area contributed by atoms with Crippen LogP contribution in [-0.2, 0) is 4.74 Å². The van der Waals surface area contributed by atoms with Gasteiger partial charge < -0.3 is 9.84 Å². The summed E-state index contributed by atoms with van der Waals surface area (Å²) in [5, 5.41) is 11.8. The lowest BCUT2D eigenvalue weighted by Crippen LogP contribution is -2.13. The summed E-state index contributed by atoms with van der Waals surface area (Å²) in [5.74, 6) is -1.16. The van der Waals surface area contributed by atoms with Crippen LogP contribution in [0, 0.1) is 0 Å². The second-order valence-electron chi connectivity index (χ2n) is 7.39. The van der Waals surface area contributed by atoms with Crippen molar-refractivity contribution in [3.8, 4) is 10.4 Å². The Bertz CT molecular complexity index is 809. The number of thiophene rings is 1. The Kier molecular flexibility index (Phi) is 9.39. The van der Waals surface area contributed by atoms with Crippen LogP contribution in [0.1, 0.15) is 97.9 Å². The fourth-order valence-electron chi connectivity index (χ4n) is 3.52. The fourth-order valence-corrected chi connectivity index (χ4v) is 4.54. The number of carboxylic acid groups (broad SMARTS) is 1. The summed E-state index contributed by atoms with van der Waals surface area (Å²) >= 11 is 1.57. The van der Waals surface area contributed by atoms with Crippen LogP contribution in [0.25, 0.3) is 10.4 Å². The molecule has 0 saturated carbocycles. The molecule has 1 unspecified atom stereocenters. The SMILES string of the molecule is CCCCOC(=O)c1c(C(=O)O)cccc1-c1cc(C(CCC)CCCC)cs1. The number of carbonyl (C=O) groups excluding carboxylic acids is 1. The van der Waals surface area contributed by atoms with Gasteiger partial charge in [0.05, 0.1) is 17.7 Å². The molecule has 0 fully saturated rings. The quantitative estimate of drug-likeness (QED) is 0.295. The van der Waals surface area contributed by atoms with E-state index in [1.807, 2.05) is 13.0 Å². The summed E-state index contributed by atoms with van der Waals surface area (Å²) in [7, 11) is 0. The van der Waals surface area contributed by atoms with Gasteiger partial charge in [-0.05, 0) is 48.3 Å². The topological polar surface area (TPSA) is 63.6 Å². The monoisotopic (exact) mass is 416 g/mol. The highest BCUT2D eigenvalue weighted by Crippen LogP contribution is 2.37. The molecule has 0 amide bonds. The lowest BCUT2D eigenvalue weighted by atomic mass is 9.90. The Morgan fingerprint density at radius 2 is 1.83 bits per heavy atom. The molecule has 0 aliphatic rings. The Labute approximate surface area is 177 Å². The number of esters is 1. The molecule has 2 aromatic rings. The van der Waals surface area contributed by atoms with Gasteiger partial charge in [-0.3, -0.25) is 0 Å². The van der Waals surface area contributed by atoms with Crippen molar-refractivity contribution in [2.45, 2.75) is 71.6 Å². The van der Waals surface area contributed by atoms with E-state index in [1.165, 1.54) is 24.5 Å². The van der Waals surface area contributed by atoms with Crippen LogP contribution in [0.4, 0.5) is 0 Å². The van der Waals surface area contributed by atoms with Gasteiger partial charge in [-0.2, -0.15) is 0 Å². The molecule has 5 heteroatoms. The van der Waals surface area contributed by atoms with Gasteiger partial charge in [-0.25, -0.2) is 9.59 Å². The molecule has 4 nitrogen and oxygen atoms in total. The van der Waals surface area contributed by atoms with Crippen molar-refractivity contribution >= 4 is 23.3 Å². The minimum atomic E-state index is -1.11. The Balaban J connectivity index is 2.41. The van der Waals surface area contributed by atoms with Crippen molar-refractivity contribution in [3.63, 3.8) is 0 Å². The lowest BCUT2D eigenvalue weighted by Gasteiger charge is -2.14. The van der Waals surface area contributed by atoms with Crippen LogP contribution in [0.2, 0.25) is 0 Å². The third-order valence-corrected chi connectivity index (χ3v) is 6.11. The first-order valence-electron chi connectivity index (χ1n) is 10.7. The van der Waals surface area contributed by atoms with Crippen molar-refractivity contribution < 1.29 is 19.4 Å². The van der Waals surface area contributed by atoms with Gasteiger partial charge in [0.1, 0.15) is 0 Å². The van der Waals surface area contributed by atoms with Gasteiger partial charge in [0, 0.05) is 10.4 Å². The zero-order chi connectivity index (χ0) is 21.2. The number of carbonyl (C=O) groups is 2. The molecule has 29 heavy (non-hydrogen) atoms. The highest BCUT2D eigenvalue weighted by Gasteiger charge is 2.24. The van der Waals surface area contributed by atoms with Crippen LogP contribution in [0.3, 0.4) is 0 Å². The average Bonchev–Trinajstić information content (AvgIpc) is 3.20. The van der Waals surface area contributed by atoms with Crippen LogP contribution in [0.5, 0.6) is 0 Å². The average molecular weight is 417 g/mol. The van der Waals surface area contributed by atoms with Crippen molar-refractivity contribution in [2.24, 2.45) is 0 Å². The zero-order valence-corrected chi connectivity index (χ0v) is 18.5. The number of hydrogen-bond acceptors (Lipinski definition) is 4. The number of unbranched alkanes of at least 4 members (excludes halogenated alkanes) is 2. The maximum Gasteiger partial charge on any atom is 0.339 e. The molecule has 158 valence electrons. The zero-order valence-electron chi connectivity index (χ0n) is 17.7. The molecule has 1 N–H and O–H groups in total. The summed E-state index contributed by atoms with van der Waals surface area (Å²) in [6, 6.07) is 7.11. The van der Waals surface area contributed by atoms with Crippen molar-refractivity contribution in [1.82, 2.24) is 0 Å². The first kappa shape index (κ1) is 23.1. The van der Waals surface area contributed by atoms with E-state index in [9.17, 15) is 14.7 Å². The normalized spacial score (nSPS) is 12.0. The van der Waals surface area contributed by atoms with Crippen LogP contribution >= 0.6 is 11.3 Å². The maximum absolute atomic E-state index is 12.7. The summed E-state index contributed by atoms with van der Waals surface area (Å²) in [5.41, 5.74) is 2.08. The minimum Gasteiger partial charge on any atom is -0.478 e. The van der Waals surface area contributed by atoms with E-state index in [4.69, 9.17) is 4.74 Å². The van der Waals surface area contributed by atoms with Crippen LogP contribution < -0.4 is 0 Å². The first-order chi connectivity index (χ1) is 14.0. The van der Waals surface area contributed by atoms with E-state index >= 15 is 0 Å². The van der Waals surface area contributed by atoms with Gasteiger partial charge in [-0.1, -0.05) is 58.6 Å². The molecule has 1 aromatic carbocycles. The summed E-state index contributed by atoms with van der Waals surface area (Å²) in [4.78, 5) is 25.4. The maximum atomic E-state index is 12.7. The molecule has 0 radical (unpaired) electrons. The number of hydrogen-bond donors (Lipinski definition) is 1. The number of rotatable bonds is 12. The predicted octanol–water partition coefficient (Wildman–Crippen LogP) is 7.14. The number of benzene rings is 1. The molecule has 1 heterocycles. The van der Waals surface area contributed by atoms with Crippen molar-refractivity contribution in [3.05, 3.63) is 46.3 Å². The smallest absolute Gasteiger partial charge is 0.339 e. The van der Waals surface area contributed by atoms with E-state index in [1.54, 1.807) is 17.4 Å². The molecule has 0 aliphatic heterocycles. The Morgan fingerprint density at radius 3 is 2.48 bits per heavy atom. The third-order valence-electron chi connectivity index (χ3n) is 5.13. The Hall–Kier alpha value is -2.14. The lowest BCUT2D eigenvalue weighted by molar-refractivity contribution is 0.0490. The van der Waals surface area contributed by atoms with Crippen molar-refractivity contribution in [2.75, 3.05) is 6.61 Å².